The van der Waals surface area contributed by atoms with E-state index in [0.29, 0.717) is 0 Å². The van der Waals surface area contributed by atoms with Crippen molar-refractivity contribution in [2.75, 3.05) is 0 Å². The minimum atomic E-state index is 0.844. The lowest BCUT2D eigenvalue weighted by Crippen LogP contribution is -2.00. The van der Waals surface area contributed by atoms with Crippen LogP contribution in [0.4, 0.5) is 0 Å². The average molecular weight is 424 g/mol. The second kappa shape index (κ2) is 7.64. The molecule has 0 fully saturated rings. The standard InChI is InChI=1S/C21H18BrN3S/c1-2-25-20(16-10-12-18(22)13-11-16)23-24-21(25)26-14-17-8-5-7-15-6-3-4-9-19(15)17/h3-13H,2,14H2,1H3. The van der Waals surface area contributed by atoms with Crippen LogP contribution in [0.2, 0.25) is 0 Å². The number of hydrogen-bond acceptors (Lipinski definition) is 3. The van der Waals surface area contributed by atoms with Crippen LogP contribution in [0.15, 0.2) is 76.4 Å². The maximum atomic E-state index is 4.45. The largest absolute Gasteiger partial charge is 0.302 e. The van der Waals surface area contributed by atoms with E-state index in [0.717, 1.165) is 33.3 Å². The Balaban J connectivity index is 1.61. The van der Waals surface area contributed by atoms with Crippen molar-refractivity contribution in [3.05, 3.63) is 76.8 Å². The molecule has 0 atom stereocenters. The molecule has 0 bridgehead atoms. The Bertz CT molecular complexity index is 1040. The van der Waals surface area contributed by atoms with Gasteiger partial charge in [0.2, 0.25) is 0 Å². The van der Waals surface area contributed by atoms with Gasteiger partial charge in [0.1, 0.15) is 0 Å². The van der Waals surface area contributed by atoms with E-state index in [9.17, 15) is 0 Å². The molecule has 0 saturated heterocycles. The summed E-state index contributed by atoms with van der Waals surface area (Å²) in [6.07, 6.45) is 0. The van der Waals surface area contributed by atoms with Gasteiger partial charge in [-0.1, -0.05) is 82.3 Å². The van der Waals surface area contributed by atoms with E-state index in [2.05, 4.69) is 92.2 Å². The van der Waals surface area contributed by atoms with Gasteiger partial charge in [-0.2, -0.15) is 0 Å². The third-order valence-electron chi connectivity index (χ3n) is 4.37. The zero-order chi connectivity index (χ0) is 17.9. The van der Waals surface area contributed by atoms with Gasteiger partial charge >= 0.3 is 0 Å². The fraction of sp³-hybridized carbons (Fsp3) is 0.143. The van der Waals surface area contributed by atoms with Crippen molar-refractivity contribution in [3.63, 3.8) is 0 Å². The van der Waals surface area contributed by atoms with E-state index in [4.69, 9.17) is 0 Å². The lowest BCUT2D eigenvalue weighted by molar-refractivity contribution is 0.687. The number of fused-ring (bicyclic) bond motifs is 1. The van der Waals surface area contributed by atoms with Gasteiger partial charge in [0.25, 0.3) is 0 Å². The third-order valence-corrected chi connectivity index (χ3v) is 5.92. The summed E-state index contributed by atoms with van der Waals surface area (Å²) in [7, 11) is 0. The summed E-state index contributed by atoms with van der Waals surface area (Å²) in [5.74, 6) is 1.79. The minimum absolute atomic E-state index is 0.844. The summed E-state index contributed by atoms with van der Waals surface area (Å²) < 4.78 is 3.24. The number of halogens is 1. The van der Waals surface area contributed by atoms with Crippen LogP contribution >= 0.6 is 27.7 Å². The van der Waals surface area contributed by atoms with Crippen LogP contribution in [0.25, 0.3) is 22.2 Å². The lowest BCUT2D eigenvalue weighted by atomic mass is 10.1. The molecule has 0 unspecified atom stereocenters. The maximum Gasteiger partial charge on any atom is 0.191 e. The number of aromatic nitrogens is 3. The smallest absolute Gasteiger partial charge is 0.191 e. The van der Waals surface area contributed by atoms with E-state index < -0.39 is 0 Å². The van der Waals surface area contributed by atoms with E-state index in [1.54, 1.807) is 11.8 Å². The first-order valence-corrected chi connectivity index (χ1v) is 10.3. The summed E-state index contributed by atoms with van der Waals surface area (Å²) in [4.78, 5) is 0. The van der Waals surface area contributed by atoms with Gasteiger partial charge in [0.05, 0.1) is 0 Å². The Hall–Kier alpha value is -2.11. The predicted molar refractivity (Wildman–Crippen MR) is 112 cm³/mol. The van der Waals surface area contributed by atoms with Crippen LogP contribution in [0, 0.1) is 0 Å². The first-order valence-electron chi connectivity index (χ1n) is 8.55. The second-order valence-electron chi connectivity index (χ2n) is 5.98. The molecule has 0 aliphatic heterocycles. The average Bonchev–Trinajstić information content (AvgIpc) is 3.09. The molecule has 4 rings (SSSR count). The topological polar surface area (TPSA) is 30.7 Å². The summed E-state index contributed by atoms with van der Waals surface area (Å²) in [6, 6.07) is 23.2. The first-order chi connectivity index (χ1) is 12.8. The molecule has 3 nitrogen and oxygen atoms in total. The van der Waals surface area contributed by atoms with Crippen molar-refractivity contribution < 1.29 is 0 Å². The van der Waals surface area contributed by atoms with Crippen molar-refractivity contribution in [1.82, 2.24) is 14.8 Å². The highest BCUT2D eigenvalue weighted by Gasteiger charge is 2.13. The summed E-state index contributed by atoms with van der Waals surface area (Å²) in [6.45, 7) is 2.98. The maximum absolute atomic E-state index is 4.45. The van der Waals surface area contributed by atoms with E-state index >= 15 is 0 Å². The molecular weight excluding hydrogens is 406 g/mol. The van der Waals surface area contributed by atoms with Crippen LogP contribution in [-0.2, 0) is 12.3 Å². The van der Waals surface area contributed by atoms with Crippen LogP contribution < -0.4 is 0 Å². The quantitative estimate of drug-likeness (QED) is 0.359. The van der Waals surface area contributed by atoms with Gasteiger partial charge in [0.15, 0.2) is 11.0 Å². The van der Waals surface area contributed by atoms with E-state index in [1.807, 2.05) is 12.1 Å². The van der Waals surface area contributed by atoms with Crippen LogP contribution in [0.1, 0.15) is 12.5 Å². The Morgan fingerprint density at radius 2 is 1.69 bits per heavy atom. The fourth-order valence-electron chi connectivity index (χ4n) is 3.05. The Morgan fingerprint density at radius 1 is 0.923 bits per heavy atom. The molecule has 0 spiro atoms. The summed E-state index contributed by atoms with van der Waals surface area (Å²) >= 11 is 5.22. The Labute approximate surface area is 165 Å². The number of thioether (sulfide) groups is 1. The molecule has 1 aromatic heterocycles. The second-order valence-corrected chi connectivity index (χ2v) is 7.84. The highest BCUT2D eigenvalue weighted by Crippen LogP contribution is 2.29. The minimum Gasteiger partial charge on any atom is -0.302 e. The SMILES string of the molecule is CCn1c(SCc2cccc3ccccc23)nnc1-c1ccc(Br)cc1. The normalized spacial score (nSPS) is 11.2. The highest BCUT2D eigenvalue weighted by molar-refractivity contribution is 9.10. The van der Waals surface area contributed by atoms with Crippen LogP contribution in [0.5, 0.6) is 0 Å². The van der Waals surface area contributed by atoms with Crippen LogP contribution in [0.3, 0.4) is 0 Å². The molecule has 130 valence electrons. The monoisotopic (exact) mass is 423 g/mol. The van der Waals surface area contributed by atoms with Gasteiger partial charge in [-0.25, -0.2) is 0 Å². The molecule has 0 N–H and O–H groups in total. The van der Waals surface area contributed by atoms with Crippen molar-refractivity contribution in [2.24, 2.45) is 0 Å². The van der Waals surface area contributed by atoms with Crippen molar-refractivity contribution in [3.8, 4) is 11.4 Å². The number of nitrogens with zero attached hydrogens (tertiary/aromatic N) is 3. The molecule has 0 saturated carbocycles. The van der Waals surface area contributed by atoms with Crippen molar-refractivity contribution in [1.29, 1.82) is 0 Å². The number of benzene rings is 3. The highest BCUT2D eigenvalue weighted by atomic mass is 79.9. The summed E-state index contributed by atoms with van der Waals surface area (Å²) in [5.41, 5.74) is 2.41. The molecular formula is C21H18BrN3S. The number of hydrogen-bond donors (Lipinski definition) is 0. The molecule has 0 amide bonds. The molecule has 0 aliphatic carbocycles. The lowest BCUT2D eigenvalue weighted by Gasteiger charge is -2.09. The zero-order valence-corrected chi connectivity index (χ0v) is 16.8. The van der Waals surface area contributed by atoms with E-state index in [1.165, 1.54) is 16.3 Å². The summed E-state index contributed by atoms with van der Waals surface area (Å²) in [5, 5.41) is 12.4. The van der Waals surface area contributed by atoms with Gasteiger partial charge in [0, 0.05) is 22.3 Å². The van der Waals surface area contributed by atoms with Gasteiger partial charge in [-0.15, -0.1) is 10.2 Å². The van der Waals surface area contributed by atoms with E-state index in [-0.39, 0.29) is 0 Å². The van der Waals surface area contributed by atoms with Gasteiger partial charge in [-0.05, 0) is 35.4 Å². The third kappa shape index (κ3) is 3.41. The zero-order valence-electron chi connectivity index (χ0n) is 14.4. The van der Waals surface area contributed by atoms with Gasteiger partial charge in [-0.3, -0.25) is 0 Å². The van der Waals surface area contributed by atoms with Crippen molar-refractivity contribution in [2.45, 2.75) is 24.4 Å². The Kier molecular flexibility index (Phi) is 5.09. The molecule has 0 radical (unpaired) electrons. The van der Waals surface area contributed by atoms with Crippen LogP contribution in [-0.4, -0.2) is 14.8 Å². The molecule has 3 aromatic carbocycles. The first kappa shape index (κ1) is 17.3. The Morgan fingerprint density at radius 3 is 2.50 bits per heavy atom. The fourth-order valence-corrected chi connectivity index (χ4v) is 4.32. The molecule has 4 aromatic rings. The molecule has 5 heteroatoms. The predicted octanol–water partition coefficient (Wildman–Crippen LogP) is 6.17. The molecule has 0 aliphatic rings. The molecule has 26 heavy (non-hydrogen) atoms. The van der Waals surface area contributed by atoms with Gasteiger partial charge < -0.3 is 4.57 Å². The number of rotatable bonds is 5. The van der Waals surface area contributed by atoms with Crippen molar-refractivity contribution >= 4 is 38.5 Å². The molecule has 1 heterocycles.